The predicted molar refractivity (Wildman–Crippen MR) is 112 cm³/mol. The zero-order chi connectivity index (χ0) is 20.1. The van der Waals surface area contributed by atoms with E-state index < -0.39 is 0 Å². The molecule has 148 valence electrons. The van der Waals surface area contributed by atoms with E-state index in [1.807, 2.05) is 6.07 Å². The number of nitrogens with zero attached hydrogens (tertiary/aromatic N) is 5. The average Bonchev–Trinajstić information content (AvgIpc) is 2.80. The maximum atomic E-state index is 11.5. The van der Waals surface area contributed by atoms with Crippen molar-refractivity contribution in [1.82, 2.24) is 15.2 Å². The van der Waals surface area contributed by atoms with Crippen molar-refractivity contribution in [1.29, 1.82) is 0 Å². The van der Waals surface area contributed by atoms with Gasteiger partial charge >= 0.3 is 5.97 Å². The van der Waals surface area contributed by atoms with E-state index in [1.165, 1.54) is 12.8 Å². The smallest absolute Gasteiger partial charge is 0.337 e. The molecule has 0 spiro atoms. The zero-order valence-electron chi connectivity index (χ0n) is 16.2. The molecule has 8 heteroatoms. The first-order valence-electron chi connectivity index (χ1n) is 9.43. The number of aromatic nitrogens is 3. The fourth-order valence-electron chi connectivity index (χ4n) is 3.27. The van der Waals surface area contributed by atoms with Crippen molar-refractivity contribution in [3.05, 3.63) is 66.4 Å². The van der Waals surface area contributed by atoms with E-state index in [-0.39, 0.29) is 5.97 Å². The van der Waals surface area contributed by atoms with Crippen LogP contribution in [-0.2, 0) is 4.74 Å². The molecular formula is C21H22N6O2. The monoisotopic (exact) mass is 390 g/mol. The third-order valence-electron chi connectivity index (χ3n) is 4.83. The molecule has 1 aromatic heterocycles. The number of carbonyl (C=O) groups is 1. The van der Waals surface area contributed by atoms with Gasteiger partial charge in [-0.15, -0.1) is 5.10 Å². The van der Waals surface area contributed by atoms with Crippen molar-refractivity contribution in [2.75, 3.05) is 48.4 Å². The number of carbonyl (C=O) groups excluding carboxylic acids is 1. The molecule has 0 unspecified atom stereocenters. The molecule has 2 heterocycles. The van der Waals surface area contributed by atoms with Gasteiger partial charge < -0.3 is 19.9 Å². The number of nitrogens with one attached hydrogen (secondary N) is 1. The summed E-state index contributed by atoms with van der Waals surface area (Å²) in [6.07, 6.45) is 1.68. The lowest BCUT2D eigenvalue weighted by Gasteiger charge is -2.36. The quantitative estimate of drug-likeness (QED) is 0.666. The first-order valence-corrected chi connectivity index (χ1v) is 9.43. The minimum atomic E-state index is -0.369. The Morgan fingerprint density at radius 3 is 2.34 bits per heavy atom. The van der Waals surface area contributed by atoms with E-state index in [9.17, 15) is 4.79 Å². The van der Waals surface area contributed by atoms with Gasteiger partial charge in [-0.05, 0) is 36.4 Å². The largest absolute Gasteiger partial charge is 0.465 e. The van der Waals surface area contributed by atoms with E-state index in [2.05, 4.69) is 54.6 Å². The Hall–Kier alpha value is -3.68. The lowest BCUT2D eigenvalue weighted by atomic mass is 10.2. The van der Waals surface area contributed by atoms with Crippen molar-refractivity contribution < 1.29 is 9.53 Å². The molecule has 3 aromatic rings. The number of rotatable bonds is 5. The first-order chi connectivity index (χ1) is 14.2. The summed E-state index contributed by atoms with van der Waals surface area (Å²) in [5.41, 5.74) is 2.50. The van der Waals surface area contributed by atoms with Gasteiger partial charge in [-0.25, -0.2) is 4.79 Å². The van der Waals surface area contributed by atoms with Gasteiger partial charge in [0.1, 0.15) is 0 Å². The molecule has 0 radical (unpaired) electrons. The lowest BCUT2D eigenvalue weighted by Crippen LogP contribution is -2.46. The van der Waals surface area contributed by atoms with Crippen molar-refractivity contribution in [2.24, 2.45) is 0 Å². The van der Waals surface area contributed by atoms with Gasteiger partial charge in [0, 0.05) is 37.6 Å². The topological polar surface area (TPSA) is 83.5 Å². The lowest BCUT2D eigenvalue weighted by molar-refractivity contribution is 0.0601. The van der Waals surface area contributed by atoms with Gasteiger partial charge in [-0.3, -0.25) is 0 Å². The Balaban J connectivity index is 1.39. The molecule has 8 nitrogen and oxygen atoms in total. The highest BCUT2D eigenvalue weighted by atomic mass is 16.5. The second-order valence-corrected chi connectivity index (χ2v) is 6.64. The summed E-state index contributed by atoms with van der Waals surface area (Å²) in [6.45, 7) is 3.57. The molecule has 1 aliphatic heterocycles. The maximum absolute atomic E-state index is 11.5. The SMILES string of the molecule is COC(=O)c1ccc(Nc2nncc(N3CCN(c4ccccc4)CC3)n2)cc1. The summed E-state index contributed by atoms with van der Waals surface area (Å²) in [5.74, 6) is 0.839. The highest BCUT2D eigenvalue weighted by Crippen LogP contribution is 2.20. The third kappa shape index (κ3) is 4.43. The predicted octanol–water partition coefficient (Wildman–Crippen LogP) is 2.73. The summed E-state index contributed by atoms with van der Waals surface area (Å²) >= 11 is 0. The molecule has 4 rings (SSSR count). The number of piperazine rings is 1. The fraction of sp³-hybridized carbons (Fsp3) is 0.238. The molecule has 2 aromatic carbocycles. The normalized spacial score (nSPS) is 13.8. The van der Waals surface area contributed by atoms with Gasteiger partial charge in [0.05, 0.1) is 18.9 Å². The Bertz CT molecular complexity index is 956. The second kappa shape index (κ2) is 8.55. The van der Waals surface area contributed by atoms with Crippen LogP contribution in [-0.4, -0.2) is 54.4 Å². The van der Waals surface area contributed by atoms with Crippen LogP contribution in [0, 0.1) is 0 Å². The number of hydrogen-bond donors (Lipinski definition) is 1. The molecular weight excluding hydrogens is 368 g/mol. The highest BCUT2D eigenvalue weighted by Gasteiger charge is 2.19. The van der Waals surface area contributed by atoms with Crippen LogP contribution in [0.4, 0.5) is 23.1 Å². The van der Waals surface area contributed by atoms with E-state index in [1.54, 1.807) is 30.5 Å². The molecule has 1 saturated heterocycles. The molecule has 1 fully saturated rings. The van der Waals surface area contributed by atoms with Gasteiger partial charge in [0.15, 0.2) is 5.82 Å². The number of esters is 1. The van der Waals surface area contributed by atoms with Gasteiger partial charge in [-0.1, -0.05) is 18.2 Å². The second-order valence-electron chi connectivity index (χ2n) is 6.64. The standard InChI is InChI=1S/C21H22N6O2/c1-29-20(28)16-7-9-17(10-8-16)23-21-24-19(15-22-25-21)27-13-11-26(12-14-27)18-5-3-2-4-6-18/h2-10,15H,11-14H2,1H3,(H,23,24,25). The Morgan fingerprint density at radius 2 is 1.66 bits per heavy atom. The Labute approximate surface area is 169 Å². The molecule has 0 aliphatic carbocycles. The summed E-state index contributed by atoms with van der Waals surface area (Å²) in [5, 5.41) is 11.3. The van der Waals surface area contributed by atoms with E-state index in [0.29, 0.717) is 11.5 Å². The number of ether oxygens (including phenoxy) is 1. The van der Waals surface area contributed by atoms with Crippen LogP contribution in [0.5, 0.6) is 0 Å². The minimum Gasteiger partial charge on any atom is -0.465 e. The third-order valence-corrected chi connectivity index (χ3v) is 4.83. The molecule has 0 saturated carbocycles. The van der Waals surface area contributed by atoms with Gasteiger partial charge in [0.2, 0.25) is 5.95 Å². The van der Waals surface area contributed by atoms with E-state index in [4.69, 9.17) is 4.74 Å². The molecule has 29 heavy (non-hydrogen) atoms. The van der Waals surface area contributed by atoms with Crippen molar-refractivity contribution in [3.8, 4) is 0 Å². The highest BCUT2D eigenvalue weighted by molar-refractivity contribution is 5.89. The molecule has 0 atom stereocenters. The summed E-state index contributed by atoms with van der Waals surface area (Å²) in [4.78, 5) is 20.7. The summed E-state index contributed by atoms with van der Waals surface area (Å²) in [6, 6.07) is 17.4. The summed E-state index contributed by atoms with van der Waals surface area (Å²) in [7, 11) is 1.36. The zero-order valence-corrected chi connectivity index (χ0v) is 16.2. The van der Waals surface area contributed by atoms with E-state index in [0.717, 1.165) is 37.7 Å². The maximum Gasteiger partial charge on any atom is 0.337 e. The van der Waals surface area contributed by atoms with Gasteiger partial charge in [-0.2, -0.15) is 10.1 Å². The fourth-order valence-corrected chi connectivity index (χ4v) is 3.27. The first kappa shape index (κ1) is 18.7. The van der Waals surface area contributed by atoms with Gasteiger partial charge in [0.25, 0.3) is 0 Å². The van der Waals surface area contributed by atoms with Crippen LogP contribution in [0.15, 0.2) is 60.8 Å². The number of methoxy groups -OCH3 is 1. The van der Waals surface area contributed by atoms with Crippen molar-refractivity contribution in [2.45, 2.75) is 0 Å². The number of para-hydroxylation sites is 1. The van der Waals surface area contributed by atoms with Crippen molar-refractivity contribution >= 4 is 29.1 Å². The van der Waals surface area contributed by atoms with Crippen LogP contribution >= 0.6 is 0 Å². The average molecular weight is 390 g/mol. The van der Waals surface area contributed by atoms with Crippen LogP contribution in [0.3, 0.4) is 0 Å². The van der Waals surface area contributed by atoms with E-state index >= 15 is 0 Å². The summed E-state index contributed by atoms with van der Waals surface area (Å²) < 4.78 is 4.71. The Morgan fingerprint density at radius 1 is 0.966 bits per heavy atom. The molecule has 0 amide bonds. The number of anilines is 4. The number of hydrogen-bond acceptors (Lipinski definition) is 8. The molecule has 1 N–H and O–H groups in total. The molecule has 0 bridgehead atoms. The minimum absolute atomic E-state index is 0.369. The number of benzene rings is 2. The Kier molecular flexibility index (Phi) is 5.51. The van der Waals surface area contributed by atoms with Crippen molar-refractivity contribution in [3.63, 3.8) is 0 Å². The van der Waals surface area contributed by atoms with Crippen LogP contribution in [0.1, 0.15) is 10.4 Å². The van der Waals surface area contributed by atoms with Crippen LogP contribution < -0.4 is 15.1 Å². The molecule has 1 aliphatic rings. The van der Waals surface area contributed by atoms with Crippen LogP contribution in [0.25, 0.3) is 0 Å². The van der Waals surface area contributed by atoms with Crippen LogP contribution in [0.2, 0.25) is 0 Å².